The van der Waals surface area contributed by atoms with Crippen LogP contribution in [-0.2, 0) is 48.0 Å². The first kappa shape index (κ1) is 32.6. The molecule has 0 spiro atoms. The second kappa shape index (κ2) is 17.1. The Labute approximate surface area is 252 Å². The summed E-state index contributed by atoms with van der Waals surface area (Å²) in [6, 6.07) is 7.22. The van der Waals surface area contributed by atoms with Crippen LogP contribution in [0, 0.1) is 0 Å². The fraction of sp³-hybridized carbons (Fsp3) is 0.214. The van der Waals surface area contributed by atoms with E-state index >= 15 is 0 Å². The summed E-state index contributed by atoms with van der Waals surface area (Å²) in [5, 5.41) is 0. The van der Waals surface area contributed by atoms with Crippen molar-refractivity contribution in [2.24, 2.45) is 28.2 Å². The molecule has 0 atom stereocenters. The maximum absolute atomic E-state index is 4.87. The van der Waals surface area contributed by atoms with E-state index in [1.165, 1.54) is 0 Å². The van der Waals surface area contributed by atoms with Gasteiger partial charge in [-0.25, -0.2) is 19.9 Å². The second-order valence-electron chi connectivity index (χ2n) is 8.22. The van der Waals surface area contributed by atoms with Gasteiger partial charge in [0.1, 0.15) is 11.5 Å². The molecule has 0 aliphatic heterocycles. The molecule has 0 saturated carbocycles. The van der Waals surface area contributed by atoms with Gasteiger partial charge < -0.3 is 27.7 Å². The van der Waals surface area contributed by atoms with Crippen molar-refractivity contribution in [2.45, 2.75) is 0 Å². The number of methoxy groups -OCH3 is 2. The fourth-order valence-electron chi connectivity index (χ4n) is 3.27. The predicted octanol–water partition coefficient (Wildman–Crippen LogP) is 3.82. The van der Waals surface area contributed by atoms with Crippen LogP contribution < -0.4 is 9.47 Å². The molecule has 6 rings (SSSR count). The van der Waals surface area contributed by atoms with Gasteiger partial charge in [-0.2, -0.15) is 0 Å². The standard InChI is InChI=1S/2C8H10N4.2C6H7NO.Os/c2*1-11-5-3-9-7(11)8-10-4-6-12(8)2;2*1-8-6-2-4-7-5-3-6;/h2*3-6H,1-2H3;2*2-5H,1H3;. The Kier molecular flexibility index (Phi) is 13.6. The van der Waals surface area contributed by atoms with Crippen LogP contribution in [0.5, 0.6) is 11.5 Å². The van der Waals surface area contributed by atoms with Crippen LogP contribution >= 0.6 is 0 Å². The summed E-state index contributed by atoms with van der Waals surface area (Å²) in [4.78, 5) is 24.4. The van der Waals surface area contributed by atoms with Gasteiger partial charge in [0.2, 0.25) is 0 Å². The summed E-state index contributed by atoms with van der Waals surface area (Å²) in [6.07, 6.45) is 21.5. The van der Waals surface area contributed by atoms with E-state index in [1.807, 2.05) is 71.2 Å². The Balaban J connectivity index is 0.000000193. The van der Waals surface area contributed by atoms with Gasteiger partial charge in [-0.15, -0.1) is 0 Å². The summed E-state index contributed by atoms with van der Waals surface area (Å²) in [6.45, 7) is 0. The van der Waals surface area contributed by atoms with Crippen LogP contribution in [0.2, 0.25) is 0 Å². The quantitative estimate of drug-likeness (QED) is 0.269. The third-order valence-corrected chi connectivity index (χ3v) is 5.46. The van der Waals surface area contributed by atoms with Gasteiger partial charge in [-0.3, -0.25) is 9.97 Å². The molecule has 216 valence electrons. The Morgan fingerprint density at radius 3 is 0.829 bits per heavy atom. The van der Waals surface area contributed by atoms with E-state index in [0.717, 1.165) is 34.8 Å². The van der Waals surface area contributed by atoms with Crippen LogP contribution in [-0.4, -0.2) is 62.4 Å². The van der Waals surface area contributed by atoms with Crippen LogP contribution in [0.25, 0.3) is 23.3 Å². The monoisotopic (exact) mass is 734 g/mol. The maximum atomic E-state index is 4.87. The molecule has 0 unspecified atom stereocenters. The normalized spacial score (nSPS) is 9.51. The molecule has 6 aromatic heterocycles. The number of nitrogens with zero attached hydrogens (tertiary/aromatic N) is 10. The number of imidazole rings is 4. The Hall–Kier alpha value is -4.62. The molecule has 0 fully saturated rings. The molecule has 0 aromatic carbocycles. The van der Waals surface area contributed by atoms with Crippen molar-refractivity contribution in [3.05, 3.63) is 98.6 Å². The topological polar surface area (TPSA) is 116 Å². The van der Waals surface area contributed by atoms with Crippen molar-refractivity contribution < 1.29 is 29.3 Å². The van der Waals surface area contributed by atoms with Gasteiger partial charge in [-0.05, 0) is 24.3 Å². The van der Waals surface area contributed by atoms with Crippen LogP contribution in [0.3, 0.4) is 0 Å². The minimum atomic E-state index is 0. The second-order valence-corrected chi connectivity index (χ2v) is 8.22. The smallest absolute Gasteiger partial charge is 0.176 e. The molecule has 0 amide bonds. The van der Waals surface area contributed by atoms with E-state index in [4.69, 9.17) is 9.47 Å². The summed E-state index contributed by atoms with van der Waals surface area (Å²) >= 11 is 0. The van der Waals surface area contributed by atoms with Crippen LogP contribution in [0.15, 0.2) is 98.6 Å². The van der Waals surface area contributed by atoms with Gasteiger partial charge in [0.15, 0.2) is 23.3 Å². The number of rotatable bonds is 4. The van der Waals surface area contributed by atoms with Gasteiger partial charge >= 0.3 is 0 Å². The largest absolute Gasteiger partial charge is 0.497 e. The van der Waals surface area contributed by atoms with Crippen molar-refractivity contribution in [3.8, 4) is 34.8 Å². The molecule has 41 heavy (non-hydrogen) atoms. The molecular formula is C28H34N10O2Os. The zero-order chi connectivity index (χ0) is 28.7. The number of aryl methyl sites for hydroxylation is 4. The Bertz CT molecular complexity index is 1340. The summed E-state index contributed by atoms with van der Waals surface area (Å²) in [5.74, 6) is 5.26. The fourth-order valence-corrected chi connectivity index (χ4v) is 3.27. The minimum absolute atomic E-state index is 0. The molecule has 6 aromatic rings. The molecule has 0 aliphatic carbocycles. The first-order valence-corrected chi connectivity index (χ1v) is 12.2. The summed E-state index contributed by atoms with van der Waals surface area (Å²) in [7, 11) is 11.1. The summed E-state index contributed by atoms with van der Waals surface area (Å²) < 4.78 is 17.5. The van der Waals surface area contributed by atoms with Gasteiger partial charge in [0, 0.05) is 122 Å². The van der Waals surface area contributed by atoms with Crippen molar-refractivity contribution in [1.29, 1.82) is 0 Å². The molecular weight excluding hydrogens is 699 g/mol. The van der Waals surface area contributed by atoms with Crippen molar-refractivity contribution in [1.82, 2.24) is 48.2 Å². The van der Waals surface area contributed by atoms with E-state index in [1.54, 1.807) is 88.1 Å². The third-order valence-electron chi connectivity index (χ3n) is 5.46. The third kappa shape index (κ3) is 9.81. The molecule has 12 nitrogen and oxygen atoms in total. The van der Waals surface area contributed by atoms with Gasteiger partial charge in [0.25, 0.3) is 0 Å². The predicted molar refractivity (Wildman–Crippen MR) is 152 cm³/mol. The Morgan fingerprint density at radius 2 is 0.683 bits per heavy atom. The van der Waals surface area contributed by atoms with E-state index < -0.39 is 0 Å². The average molecular weight is 733 g/mol. The molecule has 0 aliphatic rings. The van der Waals surface area contributed by atoms with Crippen molar-refractivity contribution >= 4 is 0 Å². The number of aromatic nitrogens is 10. The number of hydrogen-bond donors (Lipinski definition) is 0. The van der Waals surface area contributed by atoms with Crippen LogP contribution in [0.4, 0.5) is 0 Å². The zero-order valence-electron chi connectivity index (χ0n) is 23.9. The maximum Gasteiger partial charge on any atom is 0.176 e. The number of hydrogen-bond acceptors (Lipinski definition) is 8. The van der Waals surface area contributed by atoms with E-state index in [9.17, 15) is 0 Å². The molecule has 0 bridgehead atoms. The van der Waals surface area contributed by atoms with Crippen LogP contribution in [0.1, 0.15) is 0 Å². The molecule has 0 N–H and O–H groups in total. The van der Waals surface area contributed by atoms with Gasteiger partial charge in [0.05, 0.1) is 14.2 Å². The van der Waals surface area contributed by atoms with Crippen molar-refractivity contribution in [3.63, 3.8) is 0 Å². The number of pyridine rings is 2. The summed E-state index contributed by atoms with van der Waals surface area (Å²) in [5.41, 5.74) is 0. The molecule has 0 radical (unpaired) electrons. The SMILES string of the molecule is COc1ccncc1.COc1ccncc1.Cn1ccnc1-c1nccn1C.Cn1ccnc1-c1nccn1C.[Os]. The first-order chi connectivity index (χ1) is 19.4. The number of ether oxygens (including phenoxy) is 2. The molecule has 13 heteroatoms. The van der Waals surface area contributed by atoms with E-state index in [2.05, 4.69) is 29.9 Å². The van der Waals surface area contributed by atoms with Gasteiger partial charge in [-0.1, -0.05) is 0 Å². The molecule has 6 heterocycles. The van der Waals surface area contributed by atoms with Crippen molar-refractivity contribution in [2.75, 3.05) is 14.2 Å². The zero-order valence-corrected chi connectivity index (χ0v) is 26.4. The Morgan fingerprint density at radius 1 is 0.439 bits per heavy atom. The average Bonchev–Trinajstić information content (AvgIpc) is 3.80. The molecule has 0 saturated heterocycles. The van der Waals surface area contributed by atoms with E-state index in [0.29, 0.717) is 0 Å². The van der Waals surface area contributed by atoms with E-state index in [-0.39, 0.29) is 19.8 Å². The first-order valence-electron chi connectivity index (χ1n) is 12.2. The minimum Gasteiger partial charge on any atom is -0.497 e.